The molecule has 0 aromatic carbocycles. The molecular weight excluding hydrogens is 525 g/mol. The van der Waals surface area contributed by atoms with Gasteiger partial charge in [0.05, 0.1) is 13.2 Å². The van der Waals surface area contributed by atoms with Gasteiger partial charge in [0.1, 0.15) is 18.3 Å². The molecule has 1 amide bonds. The van der Waals surface area contributed by atoms with Gasteiger partial charge in [0.25, 0.3) is 0 Å². The second-order valence-electron chi connectivity index (χ2n) is 9.29. The minimum Gasteiger partial charge on any atom is -0.479 e. The number of aliphatic carboxylic acids is 1. The lowest BCUT2D eigenvalue weighted by atomic mass is 9.99. The maximum absolute atomic E-state index is 12.3. The van der Waals surface area contributed by atoms with Crippen LogP contribution in [-0.4, -0.2) is 87.2 Å². The number of amides is 1. The van der Waals surface area contributed by atoms with Crippen LogP contribution in [0.2, 0.25) is 0 Å². The Morgan fingerprint density at radius 1 is 0.974 bits per heavy atom. The molecule has 0 aromatic heterocycles. The third-order valence-electron chi connectivity index (χ3n) is 5.60. The fraction of sp³-hybridized carbons (Fsp3) is 0.667. The first-order valence-corrected chi connectivity index (χ1v) is 13.6. The fourth-order valence-electron chi connectivity index (χ4n) is 3.33. The van der Waals surface area contributed by atoms with Gasteiger partial charge in [-0.2, -0.15) is 0 Å². The number of hydrogen-bond donors (Lipinski definition) is 6. The Labute approximate surface area is 222 Å². The van der Waals surface area contributed by atoms with Gasteiger partial charge < -0.3 is 40.5 Å². The van der Waals surface area contributed by atoms with Crippen molar-refractivity contribution in [1.29, 1.82) is 0 Å². The maximum atomic E-state index is 12.3. The average molecular weight is 566 g/mol. The van der Waals surface area contributed by atoms with Crippen molar-refractivity contribution in [2.45, 2.75) is 90.2 Å². The molecule has 0 aliphatic carbocycles. The molecule has 1 heterocycles. The molecule has 7 atom stereocenters. The van der Waals surface area contributed by atoms with Crippen molar-refractivity contribution in [1.82, 2.24) is 0 Å². The van der Waals surface area contributed by atoms with Gasteiger partial charge in [-0.25, -0.2) is 9.36 Å². The number of aliphatic hydroxyl groups is 3. The number of carboxylic acids is 1. The van der Waals surface area contributed by atoms with E-state index in [2.05, 4.69) is 42.0 Å². The summed E-state index contributed by atoms with van der Waals surface area (Å²) in [6.07, 6.45) is -1.93. The van der Waals surface area contributed by atoms with Crippen molar-refractivity contribution in [2.75, 3.05) is 13.2 Å². The maximum Gasteiger partial charge on any atom is 0.474 e. The fourth-order valence-corrected chi connectivity index (χ4v) is 4.15. The number of nitrogens with two attached hydrogens (primary N) is 1. The van der Waals surface area contributed by atoms with Crippen LogP contribution in [0, 0.1) is 0 Å². The van der Waals surface area contributed by atoms with E-state index in [0.29, 0.717) is 0 Å². The Bertz CT molecular complexity index is 929. The molecule has 0 bridgehead atoms. The van der Waals surface area contributed by atoms with Crippen molar-refractivity contribution in [3.05, 3.63) is 34.9 Å². The summed E-state index contributed by atoms with van der Waals surface area (Å²) in [5.41, 5.74) is 8.57. The van der Waals surface area contributed by atoms with Crippen molar-refractivity contribution >= 4 is 19.7 Å². The minimum atomic E-state index is -5.08. The smallest absolute Gasteiger partial charge is 0.474 e. The first-order valence-electron chi connectivity index (χ1n) is 12.1. The molecule has 7 unspecified atom stereocenters. The Balaban J connectivity index is 2.57. The molecule has 1 aliphatic rings. The highest BCUT2D eigenvalue weighted by molar-refractivity contribution is 7.47. The number of ether oxygens (including phenoxy) is 2. The summed E-state index contributed by atoms with van der Waals surface area (Å²) < 4.78 is 31.7. The van der Waals surface area contributed by atoms with Crippen LogP contribution in [0.3, 0.4) is 0 Å². The van der Waals surface area contributed by atoms with Crippen LogP contribution in [0.1, 0.15) is 53.4 Å². The molecule has 38 heavy (non-hydrogen) atoms. The van der Waals surface area contributed by atoms with E-state index in [4.69, 9.17) is 15.2 Å². The summed E-state index contributed by atoms with van der Waals surface area (Å²) >= 11 is 0. The normalized spacial score (nSPS) is 26.9. The third-order valence-corrected chi connectivity index (χ3v) is 6.55. The van der Waals surface area contributed by atoms with E-state index in [9.17, 15) is 39.5 Å². The number of aliphatic hydroxyl groups excluding tert-OH is 3. The quantitative estimate of drug-likeness (QED) is 0.115. The lowest BCUT2D eigenvalue weighted by Crippen LogP contribution is -2.61. The molecule has 13 nitrogen and oxygen atoms in total. The molecule has 14 heteroatoms. The van der Waals surface area contributed by atoms with Crippen LogP contribution in [0.5, 0.6) is 0 Å². The van der Waals surface area contributed by atoms with Crippen LogP contribution < -0.4 is 5.73 Å². The lowest BCUT2D eigenvalue weighted by molar-refractivity contribution is -0.270. The average Bonchev–Trinajstić information content (AvgIpc) is 2.80. The predicted octanol–water partition coefficient (Wildman–Crippen LogP) is 1.30. The molecule has 1 saturated heterocycles. The number of allylic oxidation sites excluding steroid dienone is 5. The summed E-state index contributed by atoms with van der Waals surface area (Å²) in [5, 5.41) is 38.8. The highest BCUT2D eigenvalue weighted by Crippen LogP contribution is 2.46. The molecule has 0 radical (unpaired) electrons. The van der Waals surface area contributed by atoms with Crippen LogP contribution in [0.25, 0.3) is 0 Å². The van der Waals surface area contributed by atoms with Crippen molar-refractivity contribution in [3.63, 3.8) is 0 Å². The van der Waals surface area contributed by atoms with Gasteiger partial charge in [0, 0.05) is 0 Å². The predicted molar refractivity (Wildman–Crippen MR) is 136 cm³/mol. The van der Waals surface area contributed by atoms with E-state index in [1.54, 1.807) is 6.08 Å². The minimum absolute atomic E-state index is 0.0964. The topological polar surface area (TPSA) is 215 Å². The summed E-state index contributed by atoms with van der Waals surface area (Å²) in [5.74, 6) is -2.69. The number of phosphoric ester groups is 1. The van der Waals surface area contributed by atoms with E-state index in [1.165, 1.54) is 11.1 Å². The second-order valence-corrected chi connectivity index (χ2v) is 10.7. The molecule has 218 valence electrons. The Morgan fingerprint density at radius 3 is 2.11 bits per heavy atom. The molecule has 1 fully saturated rings. The number of carbonyl (C=O) groups is 2. The molecular formula is C24H40NO12P. The number of carbonyl (C=O) groups excluding carboxylic acids is 1. The van der Waals surface area contributed by atoms with E-state index in [-0.39, 0.29) is 6.61 Å². The van der Waals surface area contributed by atoms with Gasteiger partial charge >= 0.3 is 13.8 Å². The van der Waals surface area contributed by atoms with Crippen molar-refractivity contribution in [2.24, 2.45) is 5.73 Å². The standard InChI is InChI=1S/C24H40NO12P/c1-14(2)7-5-8-15(3)9-6-10-16(4)11-12-34-17(23(30)31)13-35-38(32,33)37-24-20(28)18(26)19(27)21(36-24)22(25)29/h7,9,11,17-21,24,26-28H,5-6,8,10,12-13H2,1-4H3,(H2,25,29)(H,30,31)(H,32,33). The Kier molecular flexibility index (Phi) is 14.6. The molecule has 0 spiro atoms. The molecule has 0 aromatic rings. The van der Waals surface area contributed by atoms with Gasteiger partial charge in [0.2, 0.25) is 5.91 Å². The number of phosphoric acid groups is 1. The van der Waals surface area contributed by atoms with E-state index in [0.717, 1.165) is 31.3 Å². The monoisotopic (exact) mass is 565 g/mol. The third kappa shape index (κ3) is 12.3. The molecule has 1 aliphatic heterocycles. The van der Waals surface area contributed by atoms with Gasteiger partial charge in [-0.3, -0.25) is 13.8 Å². The molecule has 1 rings (SSSR count). The summed E-state index contributed by atoms with van der Waals surface area (Å²) in [4.78, 5) is 32.7. The van der Waals surface area contributed by atoms with E-state index >= 15 is 0 Å². The largest absolute Gasteiger partial charge is 0.479 e. The van der Waals surface area contributed by atoms with E-state index in [1.807, 2.05) is 6.92 Å². The highest BCUT2D eigenvalue weighted by Gasteiger charge is 2.49. The number of rotatable bonds is 16. The SMILES string of the molecule is CC(C)=CCCC(C)=CCCC(C)=CCOC(COP(=O)(O)OC1OC(C(N)=O)C(O)C(O)C1O)C(=O)O. The van der Waals surface area contributed by atoms with Gasteiger partial charge in [0.15, 0.2) is 18.5 Å². The molecule has 0 saturated carbocycles. The second kappa shape index (κ2) is 16.2. The number of hydrogen-bond acceptors (Lipinski definition) is 10. The lowest BCUT2D eigenvalue weighted by Gasteiger charge is -2.38. The van der Waals surface area contributed by atoms with E-state index < -0.39 is 63.1 Å². The van der Waals surface area contributed by atoms with Gasteiger partial charge in [-0.05, 0) is 53.4 Å². The summed E-state index contributed by atoms with van der Waals surface area (Å²) in [7, 11) is -5.08. The first kappa shape index (κ1) is 34.1. The van der Waals surface area contributed by atoms with Crippen molar-refractivity contribution in [3.8, 4) is 0 Å². The Morgan fingerprint density at radius 2 is 1.55 bits per heavy atom. The molecule has 7 N–H and O–H groups in total. The van der Waals surface area contributed by atoms with Crippen LogP contribution in [0.4, 0.5) is 0 Å². The summed E-state index contributed by atoms with van der Waals surface area (Å²) in [6.45, 7) is 7.07. The van der Waals surface area contributed by atoms with Crippen LogP contribution >= 0.6 is 7.82 Å². The van der Waals surface area contributed by atoms with Crippen LogP contribution in [0.15, 0.2) is 34.9 Å². The zero-order valence-corrected chi connectivity index (χ0v) is 23.0. The number of carboxylic acid groups (broad SMARTS) is 1. The first-order chi connectivity index (χ1) is 17.6. The zero-order chi connectivity index (χ0) is 29.0. The van der Waals surface area contributed by atoms with Crippen molar-refractivity contribution < 1.29 is 58.0 Å². The highest BCUT2D eigenvalue weighted by atomic mass is 31.2. The Hall–Kier alpha value is -1.93. The van der Waals surface area contributed by atoms with Crippen LogP contribution in [-0.2, 0) is 32.7 Å². The van der Waals surface area contributed by atoms with Gasteiger partial charge in [-0.15, -0.1) is 0 Å². The number of primary amides is 1. The summed E-state index contributed by atoms with van der Waals surface area (Å²) in [6, 6.07) is 0. The van der Waals surface area contributed by atoms with Gasteiger partial charge in [-0.1, -0.05) is 34.9 Å². The zero-order valence-electron chi connectivity index (χ0n) is 22.1.